The minimum Gasteiger partial charge on any atom is -0.480 e. The number of rotatable bonds is 6. The van der Waals surface area contributed by atoms with Gasteiger partial charge in [-0.25, -0.2) is 4.79 Å². The van der Waals surface area contributed by atoms with Crippen LogP contribution in [0.4, 0.5) is 4.79 Å². The molecule has 0 aromatic carbocycles. The van der Waals surface area contributed by atoms with Gasteiger partial charge in [0.2, 0.25) is 0 Å². The van der Waals surface area contributed by atoms with Crippen molar-refractivity contribution in [1.82, 2.24) is 9.80 Å². The Morgan fingerprint density at radius 3 is 1.82 bits per heavy atom. The second-order valence-electron chi connectivity index (χ2n) is 3.79. The summed E-state index contributed by atoms with van der Waals surface area (Å²) in [6.07, 6.45) is 0.705. The third kappa shape index (κ3) is 5.19. The van der Waals surface area contributed by atoms with Crippen molar-refractivity contribution < 1.29 is 24.6 Å². The van der Waals surface area contributed by atoms with E-state index < -0.39 is 31.1 Å². The molecule has 0 spiro atoms. The molecule has 2 amide bonds. The van der Waals surface area contributed by atoms with Gasteiger partial charge in [0.1, 0.15) is 13.1 Å². The van der Waals surface area contributed by atoms with Crippen LogP contribution in [0.5, 0.6) is 0 Å². The van der Waals surface area contributed by atoms with E-state index in [1.807, 2.05) is 6.92 Å². The Labute approximate surface area is 99.6 Å². The van der Waals surface area contributed by atoms with Crippen molar-refractivity contribution >= 4 is 18.0 Å². The fraction of sp³-hybridized carbons (Fsp3) is 0.700. The summed E-state index contributed by atoms with van der Waals surface area (Å²) < 4.78 is 0. The van der Waals surface area contributed by atoms with E-state index >= 15 is 0 Å². The van der Waals surface area contributed by atoms with E-state index in [1.165, 1.54) is 11.9 Å². The van der Waals surface area contributed by atoms with Crippen molar-refractivity contribution in [3.63, 3.8) is 0 Å². The molecule has 0 aromatic rings. The number of aliphatic carboxylic acids is 2. The molecule has 0 aliphatic carbocycles. The standard InChI is InChI=1S/C10H18N2O5/c1-4-7(2)11(3)10(17)12(5-8(13)14)6-9(15)16/h7H,4-6H2,1-3H3,(H,13,14)(H,15,16). The van der Waals surface area contributed by atoms with Crippen molar-refractivity contribution in [2.75, 3.05) is 20.1 Å². The van der Waals surface area contributed by atoms with Gasteiger partial charge in [0.05, 0.1) is 0 Å². The van der Waals surface area contributed by atoms with Gasteiger partial charge in [0.15, 0.2) is 0 Å². The monoisotopic (exact) mass is 246 g/mol. The van der Waals surface area contributed by atoms with Crippen LogP contribution in [0.15, 0.2) is 0 Å². The average molecular weight is 246 g/mol. The van der Waals surface area contributed by atoms with Crippen molar-refractivity contribution in [3.8, 4) is 0 Å². The van der Waals surface area contributed by atoms with Crippen molar-refractivity contribution in [3.05, 3.63) is 0 Å². The van der Waals surface area contributed by atoms with Crippen LogP contribution < -0.4 is 0 Å². The second-order valence-corrected chi connectivity index (χ2v) is 3.79. The molecule has 98 valence electrons. The van der Waals surface area contributed by atoms with E-state index in [2.05, 4.69) is 0 Å². The Balaban J connectivity index is 4.72. The Morgan fingerprint density at radius 2 is 1.53 bits per heavy atom. The molecular weight excluding hydrogens is 228 g/mol. The molecule has 17 heavy (non-hydrogen) atoms. The number of hydrogen-bond acceptors (Lipinski definition) is 3. The summed E-state index contributed by atoms with van der Waals surface area (Å²) in [5.41, 5.74) is 0. The zero-order valence-electron chi connectivity index (χ0n) is 10.2. The largest absolute Gasteiger partial charge is 0.480 e. The minimum atomic E-state index is -1.24. The van der Waals surface area contributed by atoms with E-state index in [9.17, 15) is 14.4 Å². The van der Waals surface area contributed by atoms with Crippen LogP contribution >= 0.6 is 0 Å². The number of nitrogens with zero attached hydrogens (tertiary/aromatic N) is 2. The molecule has 7 nitrogen and oxygen atoms in total. The number of urea groups is 1. The van der Waals surface area contributed by atoms with Crippen molar-refractivity contribution in [2.24, 2.45) is 0 Å². The van der Waals surface area contributed by atoms with Gasteiger partial charge in [-0.2, -0.15) is 0 Å². The molecule has 0 radical (unpaired) electrons. The Hall–Kier alpha value is -1.79. The lowest BCUT2D eigenvalue weighted by Gasteiger charge is -2.29. The van der Waals surface area contributed by atoms with E-state index in [0.29, 0.717) is 6.42 Å². The van der Waals surface area contributed by atoms with Crippen LogP contribution in [-0.2, 0) is 9.59 Å². The van der Waals surface area contributed by atoms with Gasteiger partial charge < -0.3 is 20.0 Å². The summed E-state index contributed by atoms with van der Waals surface area (Å²) in [5, 5.41) is 17.2. The SMILES string of the molecule is CCC(C)N(C)C(=O)N(CC(=O)O)CC(=O)O. The van der Waals surface area contributed by atoms with Gasteiger partial charge >= 0.3 is 18.0 Å². The Kier molecular flexibility index (Phi) is 6.01. The maximum Gasteiger partial charge on any atom is 0.323 e. The first-order valence-electron chi connectivity index (χ1n) is 5.24. The molecule has 7 heteroatoms. The molecule has 1 atom stereocenters. The first-order valence-corrected chi connectivity index (χ1v) is 5.24. The number of carboxylic acids is 2. The third-order valence-electron chi connectivity index (χ3n) is 2.48. The van der Waals surface area contributed by atoms with Gasteiger partial charge in [-0.1, -0.05) is 6.92 Å². The molecule has 1 unspecified atom stereocenters. The van der Waals surface area contributed by atoms with Crippen molar-refractivity contribution in [2.45, 2.75) is 26.3 Å². The molecule has 0 bridgehead atoms. The lowest BCUT2D eigenvalue weighted by molar-refractivity contribution is -0.140. The van der Waals surface area contributed by atoms with Gasteiger partial charge in [-0.3, -0.25) is 9.59 Å². The molecule has 0 rings (SSSR count). The predicted molar refractivity (Wildman–Crippen MR) is 59.8 cm³/mol. The summed E-state index contributed by atoms with van der Waals surface area (Å²) in [6, 6.07) is -0.670. The smallest absolute Gasteiger partial charge is 0.323 e. The van der Waals surface area contributed by atoms with Crippen LogP contribution in [-0.4, -0.2) is 64.2 Å². The number of carbonyl (C=O) groups is 3. The highest BCUT2D eigenvalue weighted by Gasteiger charge is 2.24. The summed E-state index contributed by atoms with van der Waals surface area (Å²) >= 11 is 0. The summed E-state index contributed by atoms with van der Waals surface area (Å²) in [6.45, 7) is 2.45. The molecule has 0 saturated carbocycles. The normalized spacial score (nSPS) is 11.7. The second kappa shape index (κ2) is 6.72. The van der Waals surface area contributed by atoms with Gasteiger partial charge in [-0.15, -0.1) is 0 Å². The molecule has 0 aliphatic heterocycles. The van der Waals surface area contributed by atoms with E-state index in [1.54, 1.807) is 6.92 Å². The number of amides is 2. The average Bonchev–Trinajstić information content (AvgIpc) is 2.23. The first-order chi connectivity index (χ1) is 7.79. The highest BCUT2D eigenvalue weighted by Crippen LogP contribution is 2.05. The number of carboxylic acid groups (broad SMARTS) is 2. The fourth-order valence-electron chi connectivity index (χ4n) is 1.20. The fourth-order valence-corrected chi connectivity index (χ4v) is 1.20. The Morgan fingerprint density at radius 1 is 1.12 bits per heavy atom. The Bertz CT molecular complexity index is 289. The van der Waals surface area contributed by atoms with Crippen LogP contribution in [0, 0.1) is 0 Å². The molecular formula is C10H18N2O5. The topological polar surface area (TPSA) is 98.2 Å². The van der Waals surface area contributed by atoms with Crippen LogP contribution in [0.3, 0.4) is 0 Å². The van der Waals surface area contributed by atoms with Gasteiger partial charge in [-0.05, 0) is 13.3 Å². The van der Waals surface area contributed by atoms with E-state index in [-0.39, 0.29) is 6.04 Å². The first kappa shape index (κ1) is 15.2. The molecule has 0 aromatic heterocycles. The molecule has 0 aliphatic rings. The zero-order chi connectivity index (χ0) is 13.6. The van der Waals surface area contributed by atoms with Gasteiger partial charge in [0, 0.05) is 13.1 Å². The molecule has 0 fully saturated rings. The summed E-state index contributed by atoms with van der Waals surface area (Å²) in [7, 11) is 1.52. The van der Waals surface area contributed by atoms with Gasteiger partial charge in [0.25, 0.3) is 0 Å². The highest BCUT2D eigenvalue weighted by molar-refractivity contribution is 5.84. The maximum atomic E-state index is 11.8. The third-order valence-corrected chi connectivity index (χ3v) is 2.48. The van der Waals surface area contributed by atoms with Crippen LogP contribution in [0.25, 0.3) is 0 Å². The summed E-state index contributed by atoms with van der Waals surface area (Å²) in [4.78, 5) is 35.1. The van der Waals surface area contributed by atoms with E-state index in [0.717, 1.165) is 4.90 Å². The minimum absolute atomic E-state index is 0.0763. The molecule has 2 N–H and O–H groups in total. The number of hydrogen-bond donors (Lipinski definition) is 2. The molecule has 0 heterocycles. The lowest BCUT2D eigenvalue weighted by Crippen LogP contribution is -2.48. The quantitative estimate of drug-likeness (QED) is 0.702. The van der Waals surface area contributed by atoms with E-state index in [4.69, 9.17) is 10.2 Å². The van der Waals surface area contributed by atoms with Crippen molar-refractivity contribution in [1.29, 1.82) is 0 Å². The van der Waals surface area contributed by atoms with Crippen LogP contribution in [0.2, 0.25) is 0 Å². The summed E-state index contributed by atoms with van der Waals surface area (Å²) in [5.74, 6) is -2.48. The predicted octanol–water partition coefficient (Wildman–Crippen LogP) is 0.308. The maximum absolute atomic E-state index is 11.8. The zero-order valence-corrected chi connectivity index (χ0v) is 10.2. The number of carbonyl (C=O) groups excluding carboxylic acids is 1. The lowest BCUT2D eigenvalue weighted by atomic mass is 10.2. The van der Waals surface area contributed by atoms with Crippen LogP contribution in [0.1, 0.15) is 20.3 Å². The highest BCUT2D eigenvalue weighted by atomic mass is 16.4. The molecule has 0 saturated heterocycles.